The molecule has 0 heterocycles. The van der Waals surface area contributed by atoms with Crippen molar-refractivity contribution in [3.8, 4) is 0 Å². The summed E-state index contributed by atoms with van der Waals surface area (Å²) in [5.74, 6) is -1.61. The molecule has 1 atom stereocenters. The molecular formula is C27H29BrFN3O4S. The zero-order valence-corrected chi connectivity index (χ0v) is 23.2. The monoisotopic (exact) mass is 589 g/mol. The van der Waals surface area contributed by atoms with E-state index in [0.29, 0.717) is 5.69 Å². The maximum Gasteiger partial charge on any atom is 0.244 e. The molecular weight excluding hydrogens is 561 g/mol. The van der Waals surface area contributed by atoms with E-state index in [9.17, 15) is 22.4 Å². The average molecular weight is 591 g/mol. The largest absolute Gasteiger partial charge is 0.357 e. The van der Waals surface area contributed by atoms with Crippen molar-refractivity contribution in [1.82, 2.24) is 10.2 Å². The van der Waals surface area contributed by atoms with E-state index in [1.165, 1.54) is 30.1 Å². The molecule has 3 aromatic rings. The number of hydrogen-bond donors (Lipinski definition) is 1. The number of carbonyl (C=O) groups excluding carboxylic acids is 2. The Balaban J connectivity index is 2.05. The van der Waals surface area contributed by atoms with Gasteiger partial charge < -0.3 is 10.2 Å². The second-order valence-corrected chi connectivity index (χ2v) is 11.4. The zero-order chi connectivity index (χ0) is 27.2. The number of halogens is 2. The summed E-state index contributed by atoms with van der Waals surface area (Å²) in [5.41, 5.74) is 2.10. The van der Waals surface area contributed by atoms with E-state index in [0.717, 1.165) is 26.2 Å². The van der Waals surface area contributed by atoms with Crippen molar-refractivity contribution < 1.29 is 22.4 Å². The van der Waals surface area contributed by atoms with Crippen LogP contribution in [0, 0.1) is 12.7 Å². The molecule has 196 valence electrons. The molecule has 0 bridgehead atoms. The van der Waals surface area contributed by atoms with E-state index in [4.69, 9.17) is 0 Å². The zero-order valence-electron chi connectivity index (χ0n) is 20.8. The normalized spacial score (nSPS) is 12.0. The number of nitrogens with zero attached hydrogens (tertiary/aromatic N) is 2. The summed E-state index contributed by atoms with van der Waals surface area (Å²) in [7, 11) is -2.41. The molecule has 0 aliphatic rings. The van der Waals surface area contributed by atoms with Gasteiger partial charge in [0.1, 0.15) is 18.4 Å². The third kappa shape index (κ3) is 7.39. The summed E-state index contributed by atoms with van der Waals surface area (Å²) in [5, 5.41) is 2.59. The first-order valence-electron chi connectivity index (χ1n) is 11.5. The quantitative estimate of drug-likeness (QED) is 0.386. The van der Waals surface area contributed by atoms with Crippen LogP contribution < -0.4 is 9.62 Å². The number of rotatable bonds is 10. The van der Waals surface area contributed by atoms with Gasteiger partial charge in [-0.25, -0.2) is 12.8 Å². The molecule has 3 rings (SSSR count). The standard InChI is InChI=1S/C27H29BrFN3O4S/c1-19-15-22(13-14-23(19)28)32(37(3,35)36)18-26(33)31(17-21-11-7-8-12-24(21)29)25(27(34)30-2)16-20-9-5-4-6-10-20/h4-15,25H,16-18H2,1-3H3,(H,30,34)/t25-/m0/s1. The molecule has 0 saturated heterocycles. The SMILES string of the molecule is CNC(=O)[C@H](Cc1ccccc1)N(Cc1ccccc1F)C(=O)CN(c1ccc(Br)c(C)c1)S(C)(=O)=O. The lowest BCUT2D eigenvalue weighted by molar-refractivity contribution is -0.139. The number of aryl methyl sites for hydroxylation is 1. The van der Waals surface area contributed by atoms with Crippen LogP contribution in [0.15, 0.2) is 77.3 Å². The highest BCUT2D eigenvalue weighted by atomic mass is 79.9. The number of anilines is 1. The van der Waals surface area contributed by atoms with Gasteiger partial charge in [0.2, 0.25) is 21.8 Å². The van der Waals surface area contributed by atoms with Crippen molar-refractivity contribution in [2.24, 2.45) is 0 Å². The van der Waals surface area contributed by atoms with Crippen LogP contribution in [0.1, 0.15) is 16.7 Å². The van der Waals surface area contributed by atoms with Gasteiger partial charge in [-0.2, -0.15) is 0 Å². The Morgan fingerprint density at radius 3 is 2.27 bits per heavy atom. The average Bonchev–Trinajstić information content (AvgIpc) is 2.86. The first-order chi connectivity index (χ1) is 17.5. The molecule has 0 spiro atoms. The van der Waals surface area contributed by atoms with Gasteiger partial charge in [0.05, 0.1) is 11.9 Å². The summed E-state index contributed by atoms with van der Waals surface area (Å²) >= 11 is 3.40. The van der Waals surface area contributed by atoms with Gasteiger partial charge in [-0.3, -0.25) is 13.9 Å². The Labute approximate surface area is 225 Å². The van der Waals surface area contributed by atoms with Gasteiger partial charge in [-0.15, -0.1) is 0 Å². The molecule has 0 saturated carbocycles. The second kappa shape index (κ2) is 12.3. The molecule has 0 aliphatic carbocycles. The van der Waals surface area contributed by atoms with E-state index in [-0.39, 0.29) is 18.5 Å². The van der Waals surface area contributed by atoms with Gasteiger partial charge in [0.25, 0.3) is 0 Å². The lowest BCUT2D eigenvalue weighted by atomic mass is 10.0. The Bertz CT molecular complexity index is 1370. The third-order valence-electron chi connectivity index (χ3n) is 5.92. The number of amides is 2. The van der Waals surface area contributed by atoms with Crippen LogP contribution in [0.4, 0.5) is 10.1 Å². The van der Waals surface area contributed by atoms with Crippen molar-refractivity contribution >= 4 is 43.5 Å². The predicted molar refractivity (Wildman–Crippen MR) is 146 cm³/mol. The molecule has 37 heavy (non-hydrogen) atoms. The maximum absolute atomic E-state index is 14.6. The number of likely N-dealkylation sites (N-methyl/N-ethyl adjacent to an activating group) is 1. The topological polar surface area (TPSA) is 86.8 Å². The minimum atomic E-state index is -3.87. The second-order valence-electron chi connectivity index (χ2n) is 8.64. The fourth-order valence-electron chi connectivity index (χ4n) is 3.93. The Morgan fingerprint density at radius 2 is 1.68 bits per heavy atom. The molecule has 0 aliphatic heterocycles. The first kappa shape index (κ1) is 28.3. The van der Waals surface area contributed by atoms with Crippen molar-refractivity contribution in [3.63, 3.8) is 0 Å². The predicted octanol–water partition coefficient (Wildman–Crippen LogP) is 4.05. The lowest BCUT2D eigenvalue weighted by Crippen LogP contribution is -2.53. The van der Waals surface area contributed by atoms with Gasteiger partial charge in [0, 0.05) is 30.0 Å². The summed E-state index contributed by atoms with van der Waals surface area (Å²) in [6.45, 7) is 1.03. The smallest absolute Gasteiger partial charge is 0.244 e. The summed E-state index contributed by atoms with van der Waals surface area (Å²) in [6, 6.07) is 19.1. The third-order valence-corrected chi connectivity index (χ3v) is 7.96. The highest BCUT2D eigenvalue weighted by Gasteiger charge is 2.33. The molecule has 0 fully saturated rings. The molecule has 0 radical (unpaired) electrons. The number of hydrogen-bond acceptors (Lipinski definition) is 4. The Kier molecular flexibility index (Phi) is 9.45. The van der Waals surface area contributed by atoms with Crippen LogP contribution in [-0.2, 0) is 32.6 Å². The molecule has 0 unspecified atom stereocenters. The number of carbonyl (C=O) groups is 2. The number of benzene rings is 3. The number of sulfonamides is 1. The molecule has 0 aromatic heterocycles. The maximum atomic E-state index is 14.6. The van der Waals surface area contributed by atoms with Crippen molar-refractivity contribution in [2.45, 2.75) is 25.9 Å². The van der Waals surface area contributed by atoms with Crippen LogP contribution in [0.25, 0.3) is 0 Å². The van der Waals surface area contributed by atoms with E-state index in [1.807, 2.05) is 37.3 Å². The van der Waals surface area contributed by atoms with Crippen LogP contribution in [0.3, 0.4) is 0 Å². The van der Waals surface area contributed by atoms with E-state index >= 15 is 0 Å². The molecule has 7 nitrogen and oxygen atoms in total. The summed E-state index contributed by atoms with van der Waals surface area (Å²) < 4.78 is 41.9. The van der Waals surface area contributed by atoms with Crippen LogP contribution >= 0.6 is 15.9 Å². The highest BCUT2D eigenvalue weighted by molar-refractivity contribution is 9.10. The highest BCUT2D eigenvalue weighted by Crippen LogP contribution is 2.25. The number of nitrogens with one attached hydrogen (secondary N) is 1. The van der Waals surface area contributed by atoms with Gasteiger partial charge in [-0.1, -0.05) is 64.5 Å². The van der Waals surface area contributed by atoms with Crippen molar-refractivity contribution in [1.29, 1.82) is 0 Å². The van der Waals surface area contributed by atoms with Crippen molar-refractivity contribution in [2.75, 3.05) is 24.2 Å². The minimum absolute atomic E-state index is 0.164. The van der Waals surface area contributed by atoms with Crippen LogP contribution in [0.2, 0.25) is 0 Å². The first-order valence-corrected chi connectivity index (χ1v) is 14.2. The Hall–Kier alpha value is -3.24. The van der Waals surface area contributed by atoms with Crippen LogP contribution in [-0.4, -0.2) is 51.0 Å². The lowest BCUT2D eigenvalue weighted by Gasteiger charge is -2.33. The van der Waals surface area contributed by atoms with Gasteiger partial charge in [-0.05, 0) is 42.3 Å². The van der Waals surface area contributed by atoms with Gasteiger partial charge >= 0.3 is 0 Å². The fourth-order valence-corrected chi connectivity index (χ4v) is 5.02. The minimum Gasteiger partial charge on any atom is -0.357 e. The molecule has 2 amide bonds. The van der Waals surface area contributed by atoms with E-state index in [2.05, 4.69) is 21.2 Å². The molecule has 10 heteroatoms. The fraction of sp³-hybridized carbons (Fsp3) is 0.259. The van der Waals surface area contributed by atoms with E-state index in [1.54, 1.807) is 24.3 Å². The molecule has 3 aromatic carbocycles. The van der Waals surface area contributed by atoms with E-state index < -0.39 is 40.2 Å². The van der Waals surface area contributed by atoms with Crippen LogP contribution in [0.5, 0.6) is 0 Å². The van der Waals surface area contributed by atoms with Gasteiger partial charge in [0.15, 0.2) is 0 Å². The Morgan fingerprint density at radius 1 is 1.03 bits per heavy atom. The summed E-state index contributed by atoms with van der Waals surface area (Å²) in [4.78, 5) is 28.1. The summed E-state index contributed by atoms with van der Waals surface area (Å²) in [6.07, 6.45) is 1.18. The van der Waals surface area contributed by atoms with Crippen molar-refractivity contribution in [3.05, 3.63) is 99.8 Å². The molecule has 1 N–H and O–H groups in total.